The predicted octanol–water partition coefficient (Wildman–Crippen LogP) is 3.43. The fourth-order valence-electron chi connectivity index (χ4n) is 2.62. The maximum atomic E-state index is 12.3. The lowest BCUT2D eigenvalue weighted by Crippen LogP contribution is -2.28. The minimum absolute atomic E-state index is 0.170. The number of aryl methyl sites for hydroxylation is 1. The summed E-state index contributed by atoms with van der Waals surface area (Å²) in [4.78, 5) is 23.7. The molecule has 1 aromatic heterocycles. The van der Waals surface area contributed by atoms with Crippen molar-refractivity contribution in [1.82, 2.24) is 4.57 Å². The summed E-state index contributed by atoms with van der Waals surface area (Å²) in [7, 11) is 0. The van der Waals surface area contributed by atoms with Crippen LogP contribution in [0.5, 0.6) is 0 Å². The number of aromatic carboxylic acids is 1. The molecule has 0 bridgehead atoms. The highest BCUT2D eigenvalue weighted by molar-refractivity contribution is 6.30. The summed E-state index contributed by atoms with van der Waals surface area (Å²) in [5, 5.41) is 9.90. The van der Waals surface area contributed by atoms with Gasteiger partial charge in [0.2, 0.25) is 0 Å². The molecule has 2 aromatic rings. The summed E-state index contributed by atoms with van der Waals surface area (Å²) in [5.41, 5.74) is 1.72. The number of hydrogen-bond acceptors (Lipinski definition) is 2. The van der Waals surface area contributed by atoms with Gasteiger partial charge in [0.05, 0.1) is 11.6 Å². The predicted molar refractivity (Wildman–Crippen MR) is 82.4 cm³/mol. The van der Waals surface area contributed by atoms with Crippen LogP contribution in [0.1, 0.15) is 40.1 Å². The van der Waals surface area contributed by atoms with Crippen LogP contribution < -0.4 is 5.56 Å². The third kappa shape index (κ3) is 2.85. The van der Waals surface area contributed by atoms with Crippen LogP contribution in [0.4, 0.5) is 0 Å². The van der Waals surface area contributed by atoms with Crippen LogP contribution in [0.3, 0.4) is 0 Å². The third-order valence-electron chi connectivity index (χ3n) is 3.63. The van der Waals surface area contributed by atoms with Gasteiger partial charge in [0.25, 0.3) is 5.56 Å². The van der Waals surface area contributed by atoms with Crippen molar-refractivity contribution >= 4 is 17.6 Å². The number of hydrogen-bond donors (Lipinski definition) is 1. The van der Waals surface area contributed by atoms with Gasteiger partial charge in [-0.25, -0.2) is 4.79 Å². The standard InChI is InChI=1S/C16H16ClNO3/c1-9-7-14(19)18(11(3)15(9)16(20)21)10(2)12-5-4-6-13(17)8-12/h4-8,10H,1-3H3,(H,20,21). The van der Waals surface area contributed by atoms with Gasteiger partial charge in [-0.3, -0.25) is 4.79 Å². The van der Waals surface area contributed by atoms with Gasteiger partial charge in [0, 0.05) is 16.8 Å². The first-order valence-electron chi connectivity index (χ1n) is 6.54. The van der Waals surface area contributed by atoms with Gasteiger partial charge < -0.3 is 9.67 Å². The highest BCUT2D eigenvalue weighted by Gasteiger charge is 2.19. The van der Waals surface area contributed by atoms with E-state index in [1.807, 2.05) is 13.0 Å². The molecule has 1 N–H and O–H groups in total. The van der Waals surface area contributed by atoms with E-state index in [-0.39, 0.29) is 17.2 Å². The maximum Gasteiger partial charge on any atom is 0.337 e. The van der Waals surface area contributed by atoms with Crippen LogP contribution in [-0.2, 0) is 0 Å². The van der Waals surface area contributed by atoms with E-state index in [0.29, 0.717) is 16.3 Å². The lowest BCUT2D eigenvalue weighted by molar-refractivity contribution is 0.0694. The number of benzene rings is 1. The van der Waals surface area contributed by atoms with Gasteiger partial charge >= 0.3 is 5.97 Å². The van der Waals surface area contributed by atoms with Crippen molar-refractivity contribution in [2.45, 2.75) is 26.8 Å². The van der Waals surface area contributed by atoms with Crippen molar-refractivity contribution in [3.05, 3.63) is 68.1 Å². The number of carboxylic acids is 1. The van der Waals surface area contributed by atoms with Crippen molar-refractivity contribution in [1.29, 1.82) is 0 Å². The second kappa shape index (κ2) is 5.74. The van der Waals surface area contributed by atoms with Gasteiger partial charge in [-0.05, 0) is 44.0 Å². The highest BCUT2D eigenvalue weighted by Crippen LogP contribution is 2.23. The Labute approximate surface area is 127 Å². The molecule has 1 heterocycles. The quantitative estimate of drug-likeness (QED) is 0.945. The van der Waals surface area contributed by atoms with Crippen molar-refractivity contribution in [2.75, 3.05) is 0 Å². The molecule has 0 saturated heterocycles. The zero-order chi connectivity index (χ0) is 15.7. The molecule has 1 unspecified atom stereocenters. The molecule has 1 aromatic carbocycles. The van der Waals surface area contributed by atoms with Crippen LogP contribution in [0.2, 0.25) is 5.02 Å². The summed E-state index contributed by atoms with van der Waals surface area (Å²) < 4.78 is 1.49. The van der Waals surface area contributed by atoms with E-state index in [9.17, 15) is 14.7 Å². The Bertz CT molecular complexity index is 765. The molecular weight excluding hydrogens is 290 g/mol. The monoisotopic (exact) mass is 305 g/mol. The second-order valence-electron chi connectivity index (χ2n) is 5.03. The minimum atomic E-state index is -1.03. The topological polar surface area (TPSA) is 59.3 Å². The molecule has 0 aliphatic rings. The lowest BCUT2D eigenvalue weighted by atomic mass is 10.0. The first kappa shape index (κ1) is 15.3. The smallest absolute Gasteiger partial charge is 0.337 e. The number of carboxylic acid groups (broad SMARTS) is 1. The Hall–Kier alpha value is -2.07. The van der Waals surface area contributed by atoms with E-state index in [1.54, 1.807) is 32.0 Å². The molecule has 0 spiro atoms. The van der Waals surface area contributed by atoms with Crippen LogP contribution in [0.15, 0.2) is 35.1 Å². The molecule has 0 aliphatic carbocycles. The molecule has 2 rings (SSSR count). The highest BCUT2D eigenvalue weighted by atomic mass is 35.5. The molecule has 21 heavy (non-hydrogen) atoms. The van der Waals surface area contributed by atoms with Crippen molar-refractivity contribution in [3.8, 4) is 0 Å². The molecule has 5 heteroatoms. The Morgan fingerprint density at radius 3 is 2.52 bits per heavy atom. The Kier molecular flexibility index (Phi) is 4.19. The van der Waals surface area contributed by atoms with E-state index < -0.39 is 5.97 Å². The average Bonchev–Trinajstić information content (AvgIpc) is 2.37. The normalized spacial score (nSPS) is 12.2. The number of pyridine rings is 1. The SMILES string of the molecule is Cc1cc(=O)n(C(C)c2cccc(Cl)c2)c(C)c1C(=O)O. The maximum absolute atomic E-state index is 12.3. The van der Waals surface area contributed by atoms with Crippen LogP contribution in [-0.4, -0.2) is 15.6 Å². The number of carbonyl (C=O) groups is 1. The Morgan fingerprint density at radius 1 is 1.29 bits per heavy atom. The number of halogens is 1. The zero-order valence-corrected chi connectivity index (χ0v) is 12.8. The lowest BCUT2D eigenvalue weighted by Gasteiger charge is -2.21. The van der Waals surface area contributed by atoms with Gasteiger partial charge in [-0.2, -0.15) is 0 Å². The molecule has 1 atom stereocenters. The van der Waals surface area contributed by atoms with Crippen LogP contribution in [0.25, 0.3) is 0 Å². The summed E-state index contributed by atoms with van der Waals surface area (Å²) in [5.74, 6) is -1.03. The van der Waals surface area contributed by atoms with Gasteiger partial charge in [0.1, 0.15) is 0 Å². The number of nitrogens with zero attached hydrogens (tertiary/aromatic N) is 1. The van der Waals surface area contributed by atoms with Gasteiger partial charge in [-0.1, -0.05) is 23.7 Å². The Balaban J connectivity index is 2.66. The number of aromatic nitrogens is 1. The molecule has 0 amide bonds. The number of rotatable bonds is 3. The molecule has 0 aliphatic heterocycles. The van der Waals surface area contributed by atoms with Gasteiger partial charge in [0.15, 0.2) is 0 Å². The van der Waals surface area contributed by atoms with Crippen molar-refractivity contribution in [3.63, 3.8) is 0 Å². The van der Waals surface area contributed by atoms with E-state index in [0.717, 1.165) is 5.56 Å². The summed E-state index contributed by atoms with van der Waals surface area (Å²) in [6, 6.07) is 8.26. The first-order valence-corrected chi connectivity index (χ1v) is 6.92. The van der Waals surface area contributed by atoms with Crippen LogP contribution in [0, 0.1) is 13.8 Å². The average molecular weight is 306 g/mol. The largest absolute Gasteiger partial charge is 0.478 e. The summed E-state index contributed by atoms with van der Waals surface area (Å²) in [6.07, 6.45) is 0. The fourth-order valence-corrected chi connectivity index (χ4v) is 2.82. The molecule has 0 fully saturated rings. The van der Waals surface area contributed by atoms with E-state index in [1.165, 1.54) is 10.6 Å². The molecule has 4 nitrogen and oxygen atoms in total. The molecule has 110 valence electrons. The van der Waals surface area contributed by atoms with Crippen molar-refractivity contribution in [2.24, 2.45) is 0 Å². The van der Waals surface area contributed by atoms with E-state index in [4.69, 9.17) is 11.6 Å². The molecule has 0 saturated carbocycles. The minimum Gasteiger partial charge on any atom is -0.478 e. The van der Waals surface area contributed by atoms with E-state index >= 15 is 0 Å². The third-order valence-corrected chi connectivity index (χ3v) is 3.86. The molecular formula is C16H16ClNO3. The summed E-state index contributed by atoms with van der Waals surface area (Å²) in [6.45, 7) is 5.13. The molecule has 0 radical (unpaired) electrons. The second-order valence-corrected chi connectivity index (χ2v) is 5.47. The summed E-state index contributed by atoms with van der Waals surface area (Å²) >= 11 is 5.98. The Morgan fingerprint density at radius 2 is 1.95 bits per heavy atom. The van der Waals surface area contributed by atoms with Crippen LogP contribution >= 0.6 is 11.6 Å². The fraction of sp³-hybridized carbons (Fsp3) is 0.250. The van der Waals surface area contributed by atoms with E-state index in [2.05, 4.69) is 0 Å². The zero-order valence-electron chi connectivity index (χ0n) is 12.1. The van der Waals surface area contributed by atoms with Gasteiger partial charge in [-0.15, -0.1) is 0 Å². The van der Waals surface area contributed by atoms with Crippen molar-refractivity contribution < 1.29 is 9.90 Å². The first-order chi connectivity index (χ1) is 9.82.